The van der Waals surface area contributed by atoms with Crippen molar-refractivity contribution in [3.63, 3.8) is 0 Å². The van der Waals surface area contributed by atoms with Gasteiger partial charge in [0.25, 0.3) is 0 Å². The number of rotatable bonds is 6. The van der Waals surface area contributed by atoms with Gasteiger partial charge in [-0.1, -0.05) is 59.1 Å². The van der Waals surface area contributed by atoms with Crippen LogP contribution >= 0.6 is 23.2 Å². The van der Waals surface area contributed by atoms with Crippen molar-refractivity contribution in [3.05, 3.63) is 98.7 Å². The predicted octanol–water partition coefficient (Wildman–Crippen LogP) is 6.23. The van der Waals surface area contributed by atoms with Crippen LogP contribution in [0.25, 0.3) is 6.08 Å². The van der Waals surface area contributed by atoms with E-state index in [1.807, 2.05) is 31.2 Å². The number of methoxy groups -OCH3 is 1. The highest BCUT2D eigenvalue weighted by Gasteiger charge is 2.25. The van der Waals surface area contributed by atoms with E-state index in [0.717, 1.165) is 16.7 Å². The Morgan fingerprint density at radius 2 is 1.84 bits per heavy atom. The van der Waals surface area contributed by atoms with Gasteiger partial charge in [-0.25, -0.2) is 9.79 Å². The summed E-state index contributed by atoms with van der Waals surface area (Å²) in [4.78, 5) is 16.8. The molecule has 1 aliphatic rings. The molecule has 0 aromatic heterocycles. The number of benzene rings is 3. The minimum atomic E-state index is -0.532. The first kappa shape index (κ1) is 21.9. The van der Waals surface area contributed by atoms with Gasteiger partial charge in [0.2, 0.25) is 5.90 Å². The van der Waals surface area contributed by atoms with E-state index in [1.54, 1.807) is 49.6 Å². The number of aryl methyl sites for hydroxylation is 1. The van der Waals surface area contributed by atoms with Crippen molar-refractivity contribution in [2.45, 2.75) is 13.5 Å². The zero-order chi connectivity index (χ0) is 22.7. The van der Waals surface area contributed by atoms with Gasteiger partial charge in [-0.2, -0.15) is 0 Å². The molecule has 5 nitrogen and oxygen atoms in total. The summed E-state index contributed by atoms with van der Waals surface area (Å²) in [7, 11) is 1.55. The van der Waals surface area contributed by atoms with Gasteiger partial charge < -0.3 is 14.2 Å². The normalized spacial score (nSPS) is 14.3. The molecular weight excluding hydrogens is 449 g/mol. The van der Waals surface area contributed by atoms with Crippen LogP contribution in [-0.2, 0) is 16.1 Å². The molecule has 0 aliphatic carbocycles. The van der Waals surface area contributed by atoms with E-state index < -0.39 is 5.97 Å². The van der Waals surface area contributed by atoms with Gasteiger partial charge in [0, 0.05) is 26.7 Å². The second-order valence-corrected chi connectivity index (χ2v) is 7.95. The van der Waals surface area contributed by atoms with Gasteiger partial charge in [-0.05, 0) is 43.3 Å². The number of cyclic esters (lactones) is 1. The quantitative estimate of drug-likeness (QED) is 0.318. The predicted molar refractivity (Wildman–Crippen MR) is 126 cm³/mol. The molecule has 0 N–H and O–H groups in total. The Morgan fingerprint density at radius 1 is 1.06 bits per heavy atom. The Labute approximate surface area is 195 Å². The minimum absolute atomic E-state index is 0.170. The summed E-state index contributed by atoms with van der Waals surface area (Å²) in [5.74, 6) is 0.702. The number of ether oxygens (including phenoxy) is 3. The first-order chi connectivity index (χ1) is 15.4. The smallest absolute Gasteiger partial charge is 0.363 e. The third-order valence-corrected chi connectivity index (χ3v) is 5.41. The molecule has 0 amide bonds. The number of carbonyl (C=O) groups excluding carboxylic acids is 1. The van der Waals surface area contributed by atoms with Crippen molar-refractivity contribution in [1.29, 1.82) is 0 Å². The third kappa shape index (κ3) is 4.79. The van der Waals surface area contributed by atoms with E-state index in [0.29, 0.717) is 27.1 Å². The van der Waals surface area contributed by atoms with Crippen LogP contribution in [0.5, 0.6) is 11.5 Å². The van der Waals surface area contributed by atoms with Crippen molar-refractivity contribution >= 4 is 41.1 Å². The molecule has 0 saturated carbocycles. The highest BCUT2D eigenvalue weighted by Crippen LogP contribution is 2.35. The lowest BCUT2D eigenvalue weighted by Gasteiger charge is -2.14. The fourth-order valence-corrected chi connectivity index (χ4v) is 3.59. The molecule has 0 saturated heterocycles. The second-order valence-electron chi connectivity index (χ2n) is 7.11. The molecule has 7 heteroatoms. The van der Waals surface area contributed by atoms with Gasteiger partial charge in [0.1, 0.15) is 6.61 Å². The molecule has 32 heavy (non-hydrogen) atoms. The summed E-state index contributed by atoms with van der Waals surface area (Å²) in [6.07, 6.45) is 1.62. The Morgan fingerprint density at radius 3 is 2.56 bits per heavy atom. The van der Waals surface area contributed by atoms with Gasteiger partial charge in [-0.15, -0.1) is 0 Å². The molecule has 0 unspecified atom stereocenters. The SMILES string of the molecule is COc1cccc(/C=C2/N=C(c3ccc(C)cc3)OC2=O)c1OCc1ccc(Cl)cc1Cl. The Balaban J connectivity index is 1.65. The molecule has 3 aromatic rings. The fraction of sp³-hybridized carbons (Fsp3) is 0.120. The molecule has 4 rings (SSSR count). The minimum Gasteiger partial charge on any atom is -0.493 e. The molecule has 0 spiro atoms. The van der Waals surface area contributed by atoms with Crippen LogP contribution in [0, 0.1) is 6.92 Å². The maximum Gasteiger partial charge on any atom is 0.363 e. The molecule has 0 fully saturated rings. The zero-order valence-electron chi connectivity index (χ0n) is 17.4. The van der Waals surface area contributed by atoms with Crippen LogP contribution in [0.1, 0.15) is 22.3 Å². The number of carbonyl (C=O) groups is 1. The number of hydrogen-bond donors (Lipinski definition) is 0. The molecule has 0 atom stereocenters. The number of halogens is 2. The molecule has 1 heterocycles. The van der Waals surface area contributed by atoms with Crippen molar-refractivity contribution in [1.82, 2.24) is 0 Å². The summed E-state index contributed by atoms with van der Waals surface area (Å²) in [5.41, 5.74) is 3.39. The maximum absolute atomic E-state index is 12.4. The van der Waals surface area contributed by atoms with Crippen LogP contribution in [-0.4, -0.2) is 19.0 Å². The van der Waals surface area contributed by atoms with Gasteiger partial charge >= 0.3 is 5.97 Å². The van der Waals surface area contributed by atoms with E-state index in [4.69, 9.17) is 37.4 Å². The van der Waals surface area contributed by atoms with Gasteiger partial charge in [-0.3, -0.25) is 0 Å². The van der Waals surface area contributed by atoms with Crippen LogP contribution in [0.4, 0.5) is 0 Å². The van der Waals surface area contributed by atoms with Gasteiger partial charge in [0.15, 0.2) is 17.2 Å². The number of nitrogens with zero attached hydrogens (tertiary/aromatic N) is 1. The van der Waals surface area contributed by atoms with Crippen LogP contribution in [0.2, 0.25) is 10.0 Å². The second kappa shape index (κ2) is 9.47. The largest absolute Gasteiger partial charge is 0.493 e. The van der Waals surface area contributed by atoms with Crippen molar-refractivity contribution < 1.29 is 19.0 Å². The van der Waals surface area contributed by atoms with Crippen LogP contribution < -0.4 is 9.47 Å². The van der Waals surface area contributed by atoms with E-state index in [-0.39, 0.29) is 18.2 Å². The summed E-state index contributed by atoms with van der Waals surface area (Å²) < 4.78 is 16.9. The average molecular weight is 468 g/mol. The van der Waals surface area contributed by atoms with Gasteiger partial charge in [0.05, 0.1) is 7.11 Å². The fourth-order valence-electron chi connectivity index (χ4n) is 3.13. The topological polar surface area (TPSA) is 57.1 Å². The summed E-state index contributed by atoms with van der Waals surface area (Å²) in [5, 5.41) is 1.04. The molecule has 162 valence electrons. The average Bonchev–Trinajstić information content (AvgIpc) is 3.14. The monoisotopic (exact) mass is 467 g/mol. The molecule has 0 radical (unpaired) electrons. The summed E-state index contributed by atoms with van der Waals surface area (Å²) in [6.45, 7) is 2.17. The first-order valence-electron chi connectivity index (χ1n) is 9.78. The number of esters is 1. The van der Waals surface area contributed by atoms with Crippen molar-refractivity contribution in [2.75, 3.05) is 7.11 Å². The van der Waals surface area contributed by atoms with Crippen molar-refractivity contribution in [2.24, 2.45) is 4.99 Å². The number of aliphatic imine (C=N–C) groups is 1. The maximum atomic E-state index is 12.4. The van der Waals surface area contributed by atoms with Crippen LogP contribution in [0.3, 0.4) is 0 Å². The molecule has 0 bridgehead atoms. The lowest BCUT2D eigenvalue weighted by atomic mass is 10.1. The van der Waals surface area contributed by atoms with E-state index in [2.05, 4.69) is 4.99 Å². The Bertz CT molecular complexity index is 1230. The highest BCUT2D eigenvalue weighted by molar-refractivity contribution is 6.35. The van der Waals surface area contributed by atoms with E-state index in [1.165, 1.54) is 0 Å². The first-order valence-corrected chi connectivity index (χ1v) is 10.5. The standard InChI is InChI=1S/C25H19Cl2NO4/c1-15-6-8-16(9-7-15)24-28-21(25(29)32-24)12-17-4-3-5-22(30-2)23(17)31-14-18-10-11-19(26)13-20(18)27/h3-13H,14H2,1-2H3/b21-12+. The summed E-state index contributed by atoms with van der Waals surface area (Å²) in [6, 6.07) is 18.2. The van der Waals surface area contributed by atoms with Crippen molar-refractivity contribution in [3.8, 4) is 11.5 Å². The van der Waals surface area contributed by atoms with E-state index in [9.17, 15) is 4.79 Å². The summed E-state index contributed by atoms with van der Waals surface area (Å²) >= 11 is 12.2. The Kier molecular flexibility index (Phi) is 6.49. The molecule has 3 aromatic carbocycles. The number of para-hydroxylation sites is 1. The van der Waals surface area contributed by atoms with E-state index >= 15 is 0 Å². The highest BCUT2D eigenvalue weighted by atomic mass is 35.5. The zero-order valence-corrected chi connectivity index (χ0v) is 18.9. The molecule has 1 aliphatic heterocycles. The Hall–Kier alpha value is -3.28. The lowest BCUT2D eigenvalue weighted by Crippen LogP contribution is -2.05. The third-order valence-electron chi connectivity index (χ3n) is 4.83. The lowest BCUT2D eigenvalue weighted by molar-refractivity contribution is -0.129. The number of hydrogen-bond acceptors (Lipinski definition) is 5. The van der Waals surface area contributed by atoms with Crippen LogP contribution in [0.15, 0.2) is 71.4 Å². The molecular formula is C25H19Cl2NO4.